The van der Waals surface area contributed by atoms with Gasteiger partial charge in [-0.15, -0.1) is 12.4 Å². The van der Waals surface area contributed by atoms with E-state index in [4.69, 9.17) is 11.5 Å². The molecule has 0 saturated carbocycles. The maximum absolute atomic E-state index is 5.45. The van der Waals surface area contributed by atoms with Gasteiger partial charge in [0.1, 0.15) is 0 Å². The minimum Gasteiger partial charge on any atom is -0.368 e. The van der Waals surface area contributed by atoms with Crippen LogP contribution in [0, 0.1) is 0 Å². The Kier molecular flexibility index (Phi) is 4.51. The van der Waals surface area contributed by atoms with Crippen LogP contribution in [0.4, 0.5) is 17.8 Å². The zero-order valence-corrected chi connectivity index (χ0v) is 9.63. The number of nitrogens with zero attached hydrogens (tertiary/aromatic N) is 3. The summed E-state index contributed by atoms with van der Waals surface area (Å²) in [5, 5.41) is 6.44. The molecule has 2 rings (SSSR count). The van der Waals surface area contributed by atoms with E-state index in [-0.39, 0.29) is 24.3 Å². The molecule has 1 unspecified atom stereocenters. The molecule has 0 aliphatic carbocycles. The molecule has 0 bridgehead atoms. The van der Waals surface area contributed by atoms with Gasteiger partial charge in [0.05, 0.1) is 0 Å². The number of anilines is 3. The number of halogens is 1. The first kappa shape index (κ1) is 12.7. The summed E-state index contributed by atoms with van der Waals surface area (Å²) in [5.41, 5.74) is 10.9. The minimum atomic E-state index is 0. The Morgan fingerprint density at radius 1 is 1.25 bits per heavy atom. The van der Waals surface area contributed by atoms with Gasteiger partial charge in [-0.2, -0.15) is 15.0 Å². The minimum absolute atomic E-state index is 0. The quantitative estimate of drug-likeness (QED) is 0.574. The van der Waals surface area contributed by atoms with Crippen molar-refractivity contribution in [2.75, 3.05) is 29.9 Å². The molecule has 1 aliphatic rings. The van der Waals surface area contributed by atoms with Gasteiger partial charge in [0.2, 0.25) is 17.8 Å². The van der Waals surface area contributed by atoms with Gasteiger partial charge in [-0.05, 0) is 19.4 Å². The van der Waals surface area contributed by atoms with Crippen LogP contribution in [0.15, 0.2) is 0 Å². The topological polar surface area (TPSA) is 115 Å². The molecule has 1 fully saturated rings. The van der Waals surface area contributed by atoms with E-state index in [1.54, 1.807) is 0 Å². The first-order chi connectivity index (χ1) is 7.24. The highest BCUT2D eigenvalue weighted by atomic mass is 35.5. The predicted molar refractivity (Wildman–Crippen MR) is 65.4 cm³/mol. The summed E-state index contributed by atoms with van der Waals surface area (Å²) >= 11 is 0. The Morgan fingerprint density at radius 2 is 1.94 bits per heavy atom. The van der Waals surface area contributed by atoms with Crippen LogP contribution in [0.5, 0.6) is 0 Å². The molecular formula is C8H16ClN7. The fraction of sp³-hybridized carbons (Fsp3) is 0.625. The van der Waals surface area contributed by atoms with Crippen LogP contribution >= 0.6 is 12.4 Å². The molecule has 0 spiro atoms. The highest BCUT2D eigenvalue weighted by Crippen LogP contribution is 2.07. The summed E-state index contributed by atoms with van der Waals surface area (Å²) in [4.78, 5) is 11.6. The molecule has 1 saturated heterocycles. The van der Waals surface area contributed by atoms with E-state index < -0.39 is 0 Å². The van der Waals surface area contributed by atoms with Gasteiger partial charge in [-0.25, -0.2) is 0 Å². The molecule has 0 amide bonds. The first-order valence-corrected chi connectivity index (χ1v) is 4.98. The summed E-state index contributed by atoms with van der Waals surface area (Å²) in [6, 6.07) is 0.476. The van der Waals surface area contributed by atoms with Crippen molar-refractivity contribution in [3.05, 3.63) is 0 Å². The first-order valence-electron chi connectivity index (χ1n) is 4.98. The second-order valence-corrected chi connectivity index (χ2v) is 3.55. The van der Waals surface area contributed by atoms with Crippen LogP contribution in [0.1, 0.15) is 12.8 Å². The number of hydrogen-bond acceptors (Lipinski definition) is 7. The van der Waals surface area contributed by atoms with Crippen molar-refractivity contribution in [3.8, 4) is 0 Å². The lowest BCUT2D eigenvalue weighted by Gasteiger charge is -2.11. The molecule has 7 nitrogen and oxygen atoms in total. The average molecular weight is 246 g/mol. The van der Waals surface area contributed by atoms with E-state index in [0.717, 1.165) is 13.1 Å². The number of nitrogens with two attached hydrogens (primary N) is 2. The zero-order valence-electron chi connectivity index (χ0n) is 8.81. The van der Waals surface area contributed by atoms with E-state index in [1.165, 1.54) is 12.8 Å². The van der Waals surface area contributed by atoms with Crippen molar-refractivity contribution < 1.29 is 0 Å². The average Bonchev–Trinajstić information content (AvgIpc) is 2.65. The highest BCUT2D eigenvalue weighted by molar-refractivity contribution is 5.85. The van der Waals surface area contributed by atoms with Crippen molar-refractivity contribution in [2.24, 2.45) is 0 Å². The molecule has 6 N–H and O–H groups in total. The lowest BCUT2D eigenvalue weighted by Crippen LogP contribution is -2.30. The van der Waals surface area contributed by atoms with Crippen molar-refractivity contribution in [3.63, 3.8) is 0 Å². The largest absolute Gasteiger partial charge is 0.368 e. The van der Waals surface area contributed by atoms with Crippen LogP contribution in [0.25, 0.3) is 0 Å². The Labute approximate surface area is 99.8 Å². The molecule has 8 heteroatoms. The standard InChI is InChI=1S/C8H15N7.ClH/c9-6-13-7(10)15-8(14-6)12-4-5-2-1-3-11-5;/h5,11H,1-4H2,(H5,9,10,12,13,14,15);1H. The lowest BCUT2D eigenvalue weighted by molar-refractivity contribution is 0.631. The molecule has 90 valence electrons. The Bertz CT molecular complexity index is 319. The summed E-state index contributed by atoms with van der Waals surface area (Å²) in [6.45, 7) is 1.86. The third-order valence-corrected chi connectivity index (χ3v) is 2.34. The van der Waals surface area contributed by atoms with Gasteiger partial charge >= 0.3 is 0 Å². The van der Waals surface area contributed by atoms with Crippen molar-refractivity contribution >= 4 is 30.3 Å². The molecular weight excluding hydrogens is 230 g/mol. The monoisotopic (exact) mass is 245 g/mol. The second-order valence-electron chi connectivity index (χ2n) is 3.55. The van der Waals surface area contributed by atoms with Gasteiger partial charge in [0, 0.05) is 12.6 Å². The zero-order chi connectivity index (χ0) is 10.7. The van der Waals surface area contributed by atoms with Gasteiger partial charge in [0.15, 0.2) is 0 Å². The number of rotatable bonds is 3. The predicted octanol–water partition coefficient (Wildman–Crippen LogP) is -0.378. The van der Waals surface area contributed by atoms with E-state index in [1.807, 2.05) is 0 Å². The fourth-order valence-electron chi connectivity index (χ4n) is 1.63. The van der Waals surface area contributed by atoms with Crippen LogP contribution in [0.2, 0.25) is 0 Å². The third-order valence-electron chi connectivity index (χ3n) is 2.34. The number of aromatic nitrogens is 3. The van der Waals surface area contributed by atoms with Crippen LogP contribution in [-0.4, -0.2) is 34.1 Å². The summed E-state index contributed by atoms with van der Waals surface area (Å²) in [7, 11) is 0. The maximum atomic E-state index is 5.45. The number of nitrogens with one attached hydrogen (secondary N) is 2. The van der Waals surface area contributed by atoms with Gasteiger partial charge in [0.25, 0.3) is 0 Å². The van der Waals surface area contributed by atoms with Crippen molar-refractivity contribution in [2.45, 2.75) is 18.9 Å². The SMILES string of the molecule is Cl.Nc1nc(N)nc(NCC2CCCN2)n1. The molecule has 1 atom stereocenters. The second kappa shape index (κ2) is 5.66. The van der Waals surface area contributed by atoms with E-state index in [9.17, 15) is 0 Å². The van der Waals surface area contributed by atoms with Crippen molar-refractivity contribution in [1.29, 1.82) is 0 Å². The summed E-state index contributed by atoms with van der Waals surface area (Å²) < 4.78 is 0. The molecule has 16 heavy (non-hydrogen) atoms. The number of hydrogen-bond donors (Lipinski definition) is 4. The maximum Gasteiger partial charge on any atom is 0.229 e. The van der Waals surface area contributed by atoms with Gasteiger partial charge in [-0.1, -0.05) is 0 Å². The smallest absolute Gasteiger partial charge is 0.229 e. The highest BCUT2D eigenvalue weighted by Gasteiger charge is 2.13. The fourth-order valence-corrected chi connectivity index (χ4v) is 1.63. The normalized spacial score (nSPS) is 19.1. The summed E-state index contributed by atoms with van der Waals surface area (Å²) in [5.74, 6) is 0.725. The van der Waals surface area contributed by atoms with Crippen molar-refractivity contribution in [1.82, 2.24) is 20.3 Å². The molecule has 1 aromatic rings. The Morgan fingerprint density at radius 3 is 2.50 bits per heavy atom. The molecule has 0 radical (unpaired) electrons. The van der Waals surface area contributed by atoms with E-state index in [2.05, 4.69) is 25.6 Å². The number of nitrogen functional groups attached to an aromatic ring is 2. The van der Waals surface area contributed by atoms with Gasteiger partial charge in [-0.3, -0.25) is 0 Å². The lowest BCUT2D eigenvalue weighted by atomic mass is 10.2. The molecule has 0 aromatic carbocycles. The summed E-state index contributed by atoms with van der Waals surface area (Å²) in [6.07, 6.45) is 2.39. The Balaban J connectivity index is 0.00000128. The molecule has 2 heterocycles. The van der Waals surface area contributed by atoms with Crippen LogP contribution in [0.3, 0.4) is 0 Å². The molecule has 1 aromatic heterocycles. The van der Waals surface area contributed by atoms with E-state index in [0.29, 0.717) is 12.0 Å². The third kappa shape index (κ3) is 3.35. The molecule has 1 aliphatic heterocycles. The van der Waals surface area contributed by atoms with Crippen LogP contribution in [-0.2, 0) is 0 Å². The Hall–Kier alpha value is -1.34. The van der Waals surface area contributed by atoms with E-state index >= 15 is 0 Å². The van der Waals surface area contributed by atoms with Crippen LogP contribution < -0.4 is 22.1 Å². The van der Waals surface area contributed by atoms with Gasteiger partial charge < -0.3 is 22.1 Å².